The van der Waals surface area contributed by atoms with Gasteiger partial charge in [-0.25, -0.2) is 0 Å². The Morgan fingerprint density at radius 2 is 1.97 bits per heavy atom. The van der Waals surface area contributed by atoms with Crippen LogP contribution in [-0.4, -0.2) is 46.3 Å². The largest absolute Gasteiger partial charge is 0.506 e. The average Bonchev–Trinajstić information content (AvgIpc) is 2.88. The first-order valence-electron chi connectivity index (χ1n) is 8.94. The third kappa shape index (κ3) is 5.13. The molecule has 9 nitrogen and oxygen atoms in total. The summed E-state index contributed by atoms with van der Waals surface area (Å²) in [6.45, 7) is 1.66. The molecule has 1 aliphatic rings. The maximum Gasteiger partial charge on any atom is 0.309 e. The standard InChI is InChI=1S/C18H24N2O7S2/c1-2-9-28(23,24)27-17-6-4-3-5-14(17)10-13-7-8-15(16(21)11-13)20-12-18(22)19-29(20,25)26/h3-8,11,18-19,21-22,25-26H,2,9-10,12H2,1H3. The molecule has 0 radical (unpaired) electrons. The van der Waals surface area contributed by atoms with Crippen molar-refractivity contribution in [2.45, 2.75) is 26.0 Å². The van der Waals surface area contributed by atoms with Gasteiger partial charge in [0.15, 0.2) is 0 Å². The van der Waals surface area contributed by atoms with Crippen molar-refractivity contribution < 1.29 is 31.9 Å². The summed E-state index contributed by atoms with van der Waals surface area (Å²) in [5, 5.41) is 20.0. The Balaban J connectivity index is 1.83. The molecule has 0 amide bonds. The number of hydrogen-bond acceptors (Lipinski definition) is 9. The lowest BCUT2D eigenvalue weighted by Gasteiger charge is -2.36. The fourth-order valence-electron chi connectivity index (χ4n) is 3.05. The number of hydrogen-bond donors (Lipinski definition) is 5. The van der Waals surface area contributed by atoms with Crippen molar-refractivity contribution >= 4 is 26.8 Å². The summed E-state index contributed by atoms with van der Waals surface area (Å²) in [5.41, 5.74) is 1.45. The molecule has 0 aliphatic carbocycles. The van der Waals surface area contributed by atoms with E-state index in [-0.39, 0.29) is 29.5 Å². The van der Waals surface area contributed by atoms with E-state index in [4.69, 9.17) is 4.18 Å². The van der Waals surface area contributed by atoms with Crippen LogP contribution in [0.2, 0.25) is 0 Å². The summed E-state index contributed by atoms with van der Waals surface area (Å²) in [4.78, 5) is 0. The zero-order chi connectivity index (χ0) is 21.2. The highest BCUT2D eigenvalue weighted by molar-refractivity contribution is 8.24. The summed E-state index contributed by atoms with van der Waals surface area (Å²) < 4.78 is 52.6. The van der Waals surface area contributed by atoms with E-state index in [1.54, 1.807) is 37.3 Å². The maximum absolute atomic E-state index is 12.0. The Labute approximate surface area is 171 Å². The first-order valence-corrected chi connectivity index (χ1v) is 12.0. The number of nitrogens with one attached hydrogen (secondary N) is 1. The van der Waals surface area contributed by atoms with Crippen LogP contribution in [0.5, 0.6) is 11.5 Å². The van der Waals surface area contributed by atoms with Gasteiger partial charge < -0.3 is 14.4 Å². The molecular formula is C18H24N2O7S2. The summed E-state index contributed by atoms with van der Waals surface area (Å²) in [6.07, 6.45) is -0.393. The van der Waals surface area contributed by atoms with Crippen LogP contribution in [-0.2, 0) is 16.5 Å². The van der Waals surface area contributed by atoms with E-state index in [0.29, 0.717) is 24.0 Å². The smallest absolute Gasteiger partial charge is 0.309 e. The highest BCUT2D eigenvalue weighted by Crippen LogP contribution is 2.49. The number of aromatic hydroxyl groups is 1. The number of aliphatic hydroxyl groups excluding tert-OH is 1. The van der Waals surface area contributed by atoms with Crippen molar-refractivity contribution in [1.82, 2.24) is 4.72 Å². The minimum absolute atomic E-state index is 0.0844. The number of β-amino-alcohol motifs (C(OH)–C–C–N with tert-alkyl or cyclic N) is 1. The van der Waals surface area contributed by atoms with Crippen LogP contribution >= 0.6 is 11.0 Å². The molecule has 2 aromatic rings. The first-order chi connectivity index (χ1) is 13.6. The molecule has 2 aromatic carbocycles. The van der Waals surface area contributed by atoms with Crippen molar-refractivity contribution in [2.24, 2.45) is 0 Å². The van der Waals surface area contributed by atoms with Gasteiger partial charge >= 0.3 is 10.1 Å². The molecule has 5 N–H and O–H groups in total. The zero-order valence-electron chi connectivity index (χ0n) is 15.7. The molecule has 1 atom stereocenters. The first kappa shape index (κ1) is 21.7. The van der Waals surface area contributed by atoms with E-state index in [0.717, 1.165) is 4.31 Å². The molecule has 0 bridgehead atoms. The Hall–Kier alpha value is -2.02. The van der Waals surface area contributed by atoms with Crippen LogP contribution in [0, 0.1) is 0 Å². The highest BCUT2D eigenvalue weighted by atomic mass is 32.3. The quantitative estimate of drug-likeness (QED) is 0.407. The highest BCUT2D eigenvalue weighted by Gasteiger charge is 2.36. The Morgan fingerprint density at radius 1 is 1.24 bits per heavy atom. The topological polar surface area (TPSA) is 140 Å². The van der Waals surface area contributed by atoms with Gasteiger partial charge in [0, 0.05) is 12.0 Å². The van der Waals surface area contributed by atoms with E-state index < -0.39 is 27.3 Å². The Kier molecular flexibility index (Phi) is 6.27. The van der Waals surface area contributed by atoms with Gasteiger partial charge in [-0.15, -0.1) is 0 Å². The number of rotatable bonds is 7. The number of aliphatic hydroxyl groups is 1. The lowest BCUT2D eigenvalue weighted by molar-refractivity contribution is 0.182. The van der Waals surface area contributed by atoms with Crippen LogP contribution in [0.4, 0.5) is 5.69 Å². The fourth-order valence-corrected chi connectivity index (χ4v) is 5.41. The molecule has 0 spiro atoms. The number of para-hydroxylation sites is 1. The van der Waals surface area contributed by atoms with Gasteiger partial charge in [-0.2, -0.15) is 13.1 Å². The minimum Gasteiger partial charge on any atom is -0.506 e. The monoisotopic (exact) mass is 444 g/mol. The summed E-state index contributed by atoms with van der Waals surface area (Å²) >= 11 is 0. The number of anilines is 1. The lowest BCUT2D eigenvalue weighted by Crippen LogP contribution is -2.25. The SMILES string of the molecule is CCCS(=O)(=O)Oc1ccccc1Cc1ccc(N2CC(O)NS2(O)O)c(O)c1. The third-order valence-electron chi connectivity index (χ3n) is 4.29. The van der Waals surface area contributed by atoms with Crippen molar-refractivity contribution in [1.29, 1.82) is 0 Å². The number of benzene rings is 2. The molecule has 1 saturated heterocycles. The lowest BCUT2D eigenvalue weighted by atomic mass is 10.0. The van der Waals surface area contributed by atoms with Gasteiger partial charge in [-0.1, -0.05) is 42.2 Å². The van der Waals surface area contributed by atoms with Gasteiger partial charge in [0.25, 0.3) is 0 Å². The van der Waals surface area contributed by atoms with Crippen molar-refractivity contribution in [3.63, 3.8) is 0 Å². The van der Waals surface area contributed by atoms with Gasteiger partial charge in [-0.05, 0) is 30.2 Å². The van der Waals surface area contributed by atoms with Gasteiger partial charge in [0.2, 0.25) is 0 Å². The second-order valence-corrected chi connectivity index (χ2v) is 10.1. The van der Waals surface area contributed by atoms with Crippen molar-refractivity contribution in [3.05, 3.63) is 53.6 Å². The van der Waals surface area contributed by atoms with E-state index in [9.17, 15) is 27.7 Å². The molecule has 29 heavy (non-hydrogen) atoms. The summed E-state index contributed by atoms with van der Waals surface area (Å²) in [6, 6.07) is 11.4. The Morgan fingerprint density at radius 3 is 2.59 bits per heavy atom. The molecule has 1 unspecified atom stereocenters. The second kappa shape index (κ2) is 8.38. The van der Waals surface area contributed by atoms with Crippen LogP contribution in [0.1, 0.15) is 24.5 Å². The predicted molar refractivity (Wildman–Crippen MR) is 111 cm³/mol. The van der Waals surface area contributed by atoms with Gasteiger partial charge in [0.1, 0.15) is 23.4 Å². The summed E-state index contributed by atoms with van der Waals surface area (Å²) in [7, 11) is -7.11. The van der Waals surface area contributed by atoms with Crippen LogP contribution in [0.15, 0.2) is 42.5 Å². The Bertz CT molecular complexity index is 982. The van der Waals surface area contributed by atoms with E-state index in [1.807, 2.05) is 0 Å². The molecule has 160 valence electrons. The van der Waals surface area contributed by atoms with E-state index in [1.165, 1.54) is 12.1 Å². The van der Waals surface area contributed by atoms with Crippen LogP contribution in [0.25, 0.3) is 0 Å². The molecule has 1 fully saturated rings. The van der Waals surface area contributed by atoms with E-state index in [2.05, 4.69) is 4.72 Å². The predicted octanol–water partition coefficient (Wildman–Crippen LogP) is 2.41. The van der Waals surface area contributed by atoms with Gasteiger partial charge in [-0.3, -0.25) is 13.4 Å². The number of phenolic OH excluding ortho intramolecular Hbond substituents is 1. The fraction of sp³-hybridized carbons (Fsp3) is 0.333. The number of phenols is 1. The van der Waals surface area contributed by atoms with Crippen molar-refractivity contribution in [3.8, 4) is 11.5 Å². The average molecular weight is 445 g/mol. The third-order valence-corrected chi connectivity index (χ3v) is 7.18. The maximum atomic E-state index is 12.0. The zero-order valence-corrected chi connectivity index (χ0v) is 17.4. The molecule has 3 rings (SSSR count). The van der Waals surface area contributed by atoms with E-state index >= 15 is 0 Å². The van der Waals surface area contributed by atoms with Crippen molar-refractivity contribution in [2.75, 3.05) is 16.6 Å². The molecule has 0 aromatic heterocycles. The molecule has 0 saturated carbocycles. The van der Waals surface area contributed by atoms with Crippen LogP contribution in [0.3, 0.4) is 0 Å². The summed E-state index contributed by atoms with van der Waals surface area (Å²) in [5.74, 6) is -0.0557. The molecular weight excluding hydrogens is 420 g/mol. The number of nitrogens with zero attached hydrogens (tertiary/aromatic N) is 1. The molecule has 11 heteroatoms. The molecule has 1 heterocycles. The van der Waals surface area contributed by atoms with Crippen LogP contribution < -0.4 is 13.2 Å². The molecule has 1 aliphatic heterocycles. The van der Waals surface area contributed by atoms with Gasteiger partial charge in [0.05, 0.1) is 12.3 Å². The second-order valence-electron chi connectivity index (χ2n) is 6.67. The minimum atomic E-state index is -3.68. The normalized spacial score (nSPS) is 19.9.